The summed E-state index contributed by atoms with van der Waals surface area (Å²) in [5.74, 6) is -0.933. The van der Waals surface area contributed by atoms with Gasteiger partial charge in [0.15, 0.2) is 0 Å². The number of hydrogen-bond acceptors (Lipinski definition) is 8. The van der Waals surface area contributed by atoms with E-state index >= 15 is 4.79 Å². The molecule has 1 aromatic heterocycles. The van der Waals surface area contributed by atoms with Crippen LogP contribution in [0.3, 0.4) is 0 Å². The highest BCUT2D eigenvalue weighted by atomic mass is 16.5. The van der Waals surface area contributed by atoms with Gasteiger partial charge in [0, 0.05) is 31.0 Å². The third kappa shape index (κ3) is 11.9. The second-order valence-corrected chi connectivity index (χ2v) is 14.3. The summed E-state index contributed by atoms with van der Waals surface area (Å²) in [6, 6.07) is 3.82. The first-order valence-electron chi connectivity index (χ1n) is 16.8. The van der Waals surface area contributed by atoms with Gasteiger partial charge in [-0.1, -0.05) is 58.1 Å². The first kappa shape index (κ1) is 38.0. The minimum absolute atomic E-state index is 0.0161. The molecule has 0 bridgehead atoms. The van der Waals surface area contributed by atoms with Gasteiger partial charge >= 0.3 is 0 Å². The van der Waals surface area contributed by atoms with Crippen molar-refractivity contribution in [3.8, 4) is 5.75 Å². The Morgan fingerprint density at radius 1 is 1.11 bits per heavy atom. The van der Waals surface area contributed by atoms with E-state index in [0.29, 0.717) is 24.3 Å². The zero-order valence-electron chi connectivity index (χ0n) is 28.7. The van der Waals surface area contributed by atoms with Gasteiger partial charge in [0.2, 0.25) is 17.7 Å². The fourth-order valence-electron chi connectivity index (χ4n) is 6.58. The number of imidazole rings is 1. The Balaban J connectivity index is 2.15. The number of carbonyl (C=O) groups excluding carboxylic acids is 3. The Labute approximate surface area is 279 Å². The molecule has 1 heterocycles. The molecule has 3 rings (SSSR count). The Morgan fingerprint density at radius 2 is 1.77 bits per heavy atom. The summed E-state index contributed by atoms with van der Waals surface area (Å²) in [4.78, 5) is 50.2. The summed E-state index contributed by atoms with van der Waals surface area (Å²) >= 11 is 0. The Hall–Kier alpha value is -3.48. The van der Waals surface area contributed by atoms with Crippen LogP contribution in [-0.4, -0.2) is 85.8 Å². The molecule has 1 aliphatic rings. The number of hydrogen-bond donors (Lipinski definition) is 6. The molecular weight excluding hydrogens is 600 g/mol. The Morgan fingerprint density at radius 3 is 2.30 bits per heavy atom. The number of aromatic nitrogens is 2. The summed E-state index contributed by atoms with van der Waals surface area (Å²) in [6.07, 6.45) is 6.22. The summed E-state index contributed by atoms with van der Waals surface area (Å²) in [7, 11) is 1.56. The van der Waals surface area contributed by atoms with E-state index in [1.165, 1.54) is 11.2 Å². The standard InChI is InChI=1S/C35H56N6O6/c1-22(2)15-30(42)32(44)28(17-23-9-7-6-8-10-23)41(29(33(36)45)18-25-20-38-21-39-25)34(46)27(40-31(43)19-35(3,4)37)16-24-11-13-26(47-5)14-12-24/h11-14,20-23,27-30,32,42,44H,6-10,15-19,37H2,1-5H3,(H2,36,45)(H,38,39)(H,40,43)/t27-,28-,29-,30-,32+/m0/s1. The van der Waals surface area contributed by atoms with E-state index in [4.69, 9.17) is 16.2 Å². The molecule has 8 N–H and O–H groups in total. The van der Waals surface area contributed by atoms with Crippen molar-refractivity contribution in [2.75, 3.05) is 7.11 Å². The molecule has 0 saturated heterocycles. The molecule has 0 unspecified atom stereocenters. The monoisotopic (exact) mass is 656 g/mol. The summed E-state index contributed by atoms with van der Waals surface area (Å²) < 4.78 is 5.30. The maximum absolute atomic E-state index is 15.0. The summed E-state index contributed by atoms with van der Waals surface area (Å²) in [5.41, 5.74) is 12.6. The van der Waals surface area contributed by atoms with Crippen LogP contribution in [0.2, 0.25) is 0 Å². The molecule has 262 valence electrons. The number of aliphatic hydroxyl groups excluding tert-OH is 2. The zero-order valence-corrected chi connectivity index (χ0v) is 28.7. The second kappa shape index (κ2) is 17.6. The van der Waals surface area contributed by atoms with Crippen LogP contribution in [0.15, 0.2) is 36.8 Å². The van der Waals surface area contributed by atoms with Crippen LogP contribution in [-0.2, 0) is 27.2 Å². The van der Waals surface area contributed by atoms with Gasteiger partial charge in [-0.2, -0.15) is 0 Å². The van der Waals surface area contributed by atoms with E-state index in [9.17, 15) is 19.8 Å². The summed E-state index contributed by atoms with van der Waals surface area (Å²) in [5, 5.41) is 26.0. The van der Waals surface area contributed by atoms with Crippen molar-refractivity contribution in [1.82, 2.24) is 20.2 Å². The normalized spacial score (nSPS) is 17.4. The van der Waals surface area contributed by atoms with Gasteiger partial charge in [0.1, 0.15) is 23.9 Å². The van der Waals surface area contributed by atoms with Crippen LogP contribution in [0.1, 0.15) is 90.3 Å². The van der Waals surface area contributed by atoms with Crippen molar-refractivity contribution in [3.63, 3.8) is 0 Å². The molecule has 0 spiro atoms. The number of H-pyrrole nitrogens is 1. The van der Waals surface area contributed by atoms with Crippen molar-refractivity contribution < 1.29 is 29.3 Å². The minimum Gasteiger partial charge on any atom is -0.497 e. The molecule has 47 heavy (non-hydrogen) atoms. The number of primary amides is 1. The fourth-order valence-corrected chi connectivity index (χ4v) is 6.58. The highest BCUT2D eigenvalue weighted by molar-refractivity contribution is 5.92. The van der Waals surface area contributed by atoms with Gasteiger partial charge in [-0.05, 0) is 56.2 Å². The van der Waals surface area contributed by atoms with Crippen LogP contribution in [0.25, 0.3) is 0 Å². The van der Waals surface area contributed by atoms with E-state index in [1.54, 1.807) is 51.4 Å². The molecule has 1 saturated carbocycles. The van der Waals surface area contributed by atoms with Crippen LogP contribution >= 0.6 is 0 Å². The van der Waals surface area contributed by atoms with E-state index in [2.05, 4.69) is 15.3 Å². The third-order valence-corrected chi connectivity index (χ3v) is 8.88. The highest BCUT2D eigenvalue weighted by Crippen LogP contribution is 2.32. The Kier molecular flexibility index (Phi) is 14.2. The van der Waals surface area contributed by atoms with Crippen molar-refractivity contribution in [2.45, 2.75) is 128 Å². The van der Waals surface area contributed by atoms with Gasteiger partial charge in [-0.3, -0.25) is 14.4 Å². The molecule has 12 nitrogen and oxygen atoms in total. The van der Waals surface area contributed by atoms with Crippen molar-refractivity contribution in [2.24, 2.45) is 23.3 Å². The van der Waals surface area contributed by atoms with Crippen LogP contribution in [0, 0.1) is 11.8 Å². The van der Waals surface area contributed by atoms with Gasteiger partial charge in [0.25, 0.3) is 0 Å². The van der Waals surface area contributed by atoms with E-state index < -0.39 is 53.6 Å². The molecular formula is C35H56N6O6. The number of benzene rings is 1. The molecule has 12 heteroatoms. The Bertz CT molecular complexity index is 1260. The van der Waals surface area contributed by atoms with E-state index in [1.807, 2.05) is 13.8 Å². The lowest BCUT2D eigenvalue weighted by Gasteiger charge is -2.44. The van der Waals surface area contributed by atoms with Crippen LogP contribution < -0.4 is 21.5 Å². The van der Waals surface area contributed by atoms with Gasteiger partial charge in [-0.15, -0.1) is 0 Å². The summed E-state index contributed by atoms with van der Waals surface area (Å²) in [6.45, 7) is 7.33. The van der Waals surface area contributed by atoms with Crippen molar-refractivity contribution >= 4 is 17.7 Å². The average molecular weight is 657 g/mol. The van der Waals surface area contributed by atoms with Crippen molar-refractivity contribution in [3.05, 3.63) is 48.0 Å². The molecule has 2 aromatic rings. The average Bonchev–Trinajstić information content (AvgIpc) is 3.52. The number of aliphatic hydroxyl groups is 2. The second-order valence-electron chi connectivity index (χ2n) is 14.3. The number of nitrogens with two attached hydrogens (primary N) is 2. The number of amides is 3. The van der Waals surface area contributed by atoms with Crippen LogP contribution in [0.5, 0.6) is 5.75 Å². The molecule has 1 aliphatic carbocycles. The number of rotatable bonds is 18. The largest absolute Gasteiger partial charge is 0.497 e. The number of ether oxygens (including phenoxy) is 1. The van der Waals surface area contributed by atoms with Gasteiger partial charge in [0.05, 0.1) is 31.3 Å². The molecule has 5 atom stereocenters. The fraction of sp³-hybridized carbons (Fsp3) is 0.657. The number of carbonyl (C=O) groups is 3. The highest BCUT2D eigenvalue weighted by Gasteiger charge is 2.44. The van der Waals surface area contributed by atoms with Gasteiger partial charge < -0.3 is 41.6 Å². The minimum atomic E-state index is -1.37. The molecule has 1 aromatic carbocycles. The number of methoxy groups -OCH3 is 1. The van der Waals surface area contributed by atoms with Crippen molar-refractivity contribution in [1.29, 1.82) is 0 Å². The maximum Gasteiger partial charge on any atom is 0.246 e. The molecule has 3 amide bonds. The number of nitrogens with one attached hydrogen (secondary N) is 2. The maximum atomic E-state index is 15.0. The molecule has 1 fully saturated rings. The lowest BCUT2D eigenvalue weighted by molar-refractivity contribution is -0.152. The first-order chi connectivity index (χ1) is 22.2. The predicted molar refractivity (Wildman–Crippen MR) is 180 cm³/mol. The SMILES string of the molecule is COc1ccc(C[C@H](NC(=O)CC(C)(C)N)C(=O)N([C@@H](Cc2c[nH]cn2)C(N)=O)[C@@H](CC2CCCCC2)[C@@H](O)[C@@H](O)CC(C)C)cc1. The van der Waals surface area contributed by atoms with Gasteiger partial charge in [-0.25, -0.2) is 4.98 Å². The lowest BCUT2D eigenvalue weighted by atomic mass is 9.81. The lowest BCUT2D eigenvalue weighted by Crippen LogP contribution is -2.64. The van der Waals surface area contributed by atoms with E-state index in [-0.39, 0.29) is 31.1 Å². The smallest absolute Gasteiger partial charge is 0.246 e. The topological polar surface area (TPSA) is 197 Å². The van der Waals surface area contributed by atoms with Crippen LogP contribution in [0.4, 0.5) is 0 Å². The number of nitrogens with zero attached hydrogens (tertiary/aromatic N) is 2. The zero-order chi connectivity index (χ0) is 34.7. The predicted octanol–water partition coefficient (Wildman–Crippen LogP) is 2.61. The number of aromatic amines is 1. The molecule has 0 aliphatic heterocycles. The third-order valence-electron chi connectivity index (χ3n) is 8.88. The first-order valence-corrected chi connectivity index (χ1v) is 16.8. The quantitative estimate of drug-likeness (QED) is 0.141. The molecule has 0 radical (unpaired) electrons. The van der Waals surface area contributed by atoms with E-state index in [0.717, 1.165) is 37.7 Å².